The quantitative estimate of drug-likeness (QED) is 0.816. The average Bonchev–Trinajstić information content (AvgIpc) is 2.59. The lowest BCUT2D eigenvalue weighted by molar-refractivity contribution is 0.394. The van der Waals surface area contributed by atoms with Crippen molar-refractivity contribution in [1.82, 2.24) is 4.98 Å². The Morgan fingerprint density at radius 1 is 1.40 bits per heavy atom. The maximum Gasteiger partial charge on any atom is 0.215 e. The third kappa shape index (κ3) is 1.80. The van der Waals surface area contributed by atoms with Crippen LogP contribution in [0.1, 0.15) is 19.7 Å². The minimum atomic E-state index is -0.563. The maximum atomic E-state index is 5.90. The molecule has 0 radical (unpaired) electrons. The van der Waals surface area contributed by atoms with E-state index in [1.165, 1.54) is 0 Å². The molecule has 0 fully saturated rings. The van der Waals surface area contributed by atoms with Gasteiger partial charge in [0.2, 0.25) is 5.89 Å². The topological polar surface area (TPSA) is 61.3 Å². The lowest BCUT2D eigenvalue weighted by Crippen LogP contribution is -2.28. The molecule has 0 atom stereocenters. The molecule has 0 bridgehead atoms. The number of hydrogen-bond acceptors (Lipinski definition) is 4. The van der Waals surface area contributed by atoms with Crippen LogP contribution in [0.15, 0.2) is 22.6 Å². The summed E-state index contributed by atoms with van der Waals surface area (Å²) in [7, 11) is 1.62. The third-order valence-corrected chi connectivity index (χ3v) is 2.15. The SMILES string of the molecule is COc1ccc2oc(C(C)(C)N)nc2c1. The van der Waals surface area contributed by atoms with Crippen molar-refractivity contribution >= 4 is 11.1 Å². The fourth-order valence-electron chi connectivity index (χ4n) is 1.31. The van der Waals surface area contributed by atoms with Crippen molar-refractivity contribution in [3.05, 3.63) is 24.1 Å². The van der Waals surface area contributed by atoms with Crippen LogP contribution in [0.25, 0.3) is 11.1 Å². The molecule has 0 unspecified atom stereocenters. The van der Waals surface area contributed by atoms with Crippen molar-refractivity contribution < 1.29 is 9.15 Å². The van der Waals surface area contributed by atoms with Crippen molar-refractivity contribution in [3.8, 4) is 5.75 Å². The van der Waals surface area contributed by atoms with Gasteiger partial charge in [-0.15, -0.1) is 0 Å². The second kappa shape index (κ2) is 3.24. The van der Waals surface area contributed by atoms with Crippen LogP contribution in [0.5, 0.6) is 5.75 Å². The highest BCUT2D eigenvalue weighted by Crippen LogP contribution is 2.25. The standard InChI is InChI=1S/C11H14N2O2/c1-11(2,12)10-13-8-6-7(14-3)4-5-9(8)15-10/h4-6H,12H2,1-3H3. The van der Waals surface area contributed by atoms with E-state index in [0.717, 1.165) is 16.8 Å². The summed E-state index contributed by atoms with van der Waals surface area (Å²) in [5.41, 5.74) is 6.83. The fraction of sp³-hybridized carbons (Fsp3) is 0.364. The molecule has 0 saturated heterocycles. The maximum absolute atomic E-state index is 5.90. The number of hydrogen-bond donors (Lipinski definition) is 1. The summed E-state index contributed by atoms with van der Waals surface area (Å²) in [5, 5.41) is 0. The van der Waals surface area contributed by atoms with Gasteiger partial charge in [-0.2, -0.15) is 0 Å². The van der Waals surface area contributed by atoms with Gasteiger partial charge in [-0.3, -0.25) is 0 Å². The molecule has 4 heteroatoms. The molecule has 0 aliphatic heterocycles. The van der Waals surface area contributed by atoms with E-state index in [9.17, 15) is 0 Å². The number of methoxy groups -OCH3 is 1. The van der Waals surface area contributed by atoms with Gasteiger partial charge in [0, 0.05) is 6.07 Å². The van der Waals surface area contributed by atoms with Crippen molar-refractivity contribution in [2.45, 2.75) is 19.4 Å². The highest BCUT2D eigenvalue weighted by molar-refractivity contribution is 5.74. The van der Waals surface area contributed by atoms with E-state index < -0.39 is 5.54 Å². The second-order valence-corrected chi connectivity index (χ2v) is 4.07. The van der Waals surface area contributed by atoms with Crippen LogP contribution >= 0.6 is 0 Å². The number of aromatic nitrogens is 1. The smallest absolute Gasteiger partial charge is 0.215 e. The zero-order chi connectivity index (χ0) is 11.1. The molecular formula is C11H14N2O2. The Morgan fingerprint density at radius 2 is 2.13 bits per heavy atom. The van der Waals surface area contributed by atoms with Gasteiger partial charge in [-0.1, -0.05) is 0 Å². The van der Waals surface area contributed by atoms with Crippen LogP contribution in [-0.2, 0) is 5.54 Å². The summed E-state index contributed by atoms with van der Waals surface area (Å²) in [4.78, 5) is 4.32. The summed E-state index contributed by atoms with van der Waals surface area (Å²) in [6, 6.07) is 5.49. The molecule has 0 amide bonds. The summed E-state index contributed by atoms with van der Waals surface area (Å²) in [6.45, 7) is 3.71. The summed E-state index contributed by atoms with van der Waals surface area (Å²) < 4.78 is 10.6. The van der Waals surface area contributed by atoms with Gasteiger partial charge in [0.15, 0.2) is 5.58 Å². The Bertz CT molecular complexity index is 483. The van der Waals surface area contributed by atoms with Gasteiger partial charge >= 0.3 is 0 Å². The van der Waals surface area contributed by atoms with E-state index in [4.69, 9.17) is 14.9 Å². The van der Waals surface area contributed by atoms with E-state index >= 15 is 0 Å². The number of ether oxygens (including phenoxy) is 1. The van der Waals surface area contributed by atoms with Crippen molar-refractivity contribution in [2.75, 3.05) is 7.11 Å². The number of nitrogens with zero attached hydrogens (tertiary/aromatic N) is 1. The molecule has 0 saturated carbocycles. The first-order valence-electron chi connectivity index (χ1n) is 4.74. The summed E-state index contributed by atoms with van der Waals surface area (Å²) >= 11 is 0. The summed E-state index contributed by atoms with van der Waals surface area (Å²) in [6.07, 6.45) is 0. The lowest BCUT2D eigenvalue weighted by atomic mass is 10.1. The van der Waals surface area contributed by atoms with E-state index in [2.05, 4.69) is 4.98 Å². The fourth-order valence-corrected chi connectivity index (χ4v) is 1.31. The number of rotatable bonds is 2. The van der Waals surface area contributed by atoms with E-state index in [1.54, 1.807) is 7.11 Å². The molecule has 1 aromatic carbocycles. The zero-order valence-corrected chi connectivity index (χ0v) is 9.07. The van der Waals surface area contributed by atoms with Gasteiger partial charge in [-0.05, 0) is 26.0 Å². The van der Waals surface area contributed by atoms with Crippen molar-refractivity contribution in [2.24, 2.45) is 5.73 Å². The highest BCUT2D eigenvalue weighted by Gasteiger charge is 2.21. The predicted molar refractivity (Wildman–Crippen MR) is 57.8 cm³/mol. The molecule has 1 heterocycles. The first kappa shape index (κ1) is 9.98. The molecule has 2 N–H and O–H groups in total. The zero-order valence-electron chi connectivity index (χ0n) is 9.07. The van der Waals surface area contributed by atoms with Crippen molar-refractivity contribution in [1.29, 1.82) is 0 Å². The van der Waals surface area contributed by atoms with Gasteiger partial charge in [0.1, 0.15) is 11.3 Å². The first-order valence-corrected chi connectivity index (χ1v) is 4.74. The molecule has 80 valence electrons. The van der Waals surface area contributed by atoms with Crippen LogP contribution in [0.4, 0.5) is 0 Å². The Hall–Kier alpha value is -1.55. The lowest BCUT2D eigenvalue weighted by Gasteiger charge is -2.11. The minimum Gasteiger partial charge on any atom is -0.497 e. The number of fused-ring (bicyclic) bond motifs is 1. The molecule has 15 heavy (non-hydrogen) atoms. The Morgan fingerprint density at radius 3 is 2.73 bits per heavy atom. The Kier molecular flexibility index (Phi) is 2.16. The monoisotopic (exact) mass is 206 g/mol. The first-order chi connectivity index (χ1) is 7.00. The van der Waals surface area contributed by atoms with E-state index in [1.807, 2.05) is 32.0 Å². The van der Waals surface area contributed by atoms with Gasteiger partial charge in [-0.25, -0.2) is 4.98 Å². The normalized spacial score (nSPS) is 12.0. The third-order valence-electron chi connectivity index (χ3n) is 2.15. The van der Waals surface area contributed by atoms with Gasteiger partial charge < -0.3 is 14.9 Å². The van der Waals surface area contributed by atoms with Crippen LogP contribution in [0.3, 0.4) is 0 Å². The van der Waals surface area contributed by atoms with Crippen LogP contribution in [0.2, 0.25) is 0 Å². The average molecular weight is 206 g/mol. The summed E-state index contributed by atoms with van der Waals surface area (Å²) in [5.74, 6) is 1.29. The van der Waals surface area contributed by atoms with Crippen LogP contribution < -0.4 is 10.5 Å². The Labute approximate surface area is 88.0 Å². The van der Waals surface area contributed by atoms with Crippen LogP contribution in [0, 0.1) is 0 Å². The molecule has 4 nitrogen and oxygen atoms in total. The van der Waals surface area contributed by atoms with E-state index in [-0.39, 0.29) is 0 Å². The largest absolute Gasteiger partial charge is 0.497 e. The van der Waals surface area contributed by atoms with E-state index in [0.29, 0.717) is 5.89 Å². The number of benzene rings is 1. The molecule has 2 rings (SSSR count). The second-order valence-electron chi connectivity index (χ2n) is 4.07. The van der Waals surface area contributed by atoms with Gasteiger partial charge in [0.05, 0.1) is 12.6 Å². The predicted octanol–water partition coefficient (Wildman–Crippen LogP) is 2.03. The minimum absolute atomic E-state index is 0.533. The number of nitrogens with two attached hydrogens (primary N) is 1. The number of oxazole rings is 1. The molecule has 1 aromatic heterocycles. The molecule has 2 aromatic rings. The highest BCUT2D eigenvalue weighted by atomic mass is 16.5. The van der Waals surface area contributed by atoms with Gasteiger partial charge in [0.25, 0.3) is 0 Å². The Balaban J connectivity index is 2.56. The van der Waals surface area contributed by atoms with Crippen LogP contribution in [-0.4, -0.2) is 12.1 Å². The van der Waals surface area contributed by atoms with Crippen molar-refractivity contribution in [3.63, 3.8) is 0 Å². The molecule has 0 aliphatic rings. The molecule has 0 aliphatic carbocycles. The molecule has 0 spiro atoms. The molecular weight excluding hydrogens is 192 g/mol.